The molecule has 6 heteroatoms. The van der Waals surface area contributed by atoms with Crippen molar-refractivity contribution in [1.82, 2.24) is 0 Å². The molecule has 0 fully saturated rings. The number of ether oxygens (including phenoxy) is 3. The van der Waals surface area contributed by atoms with E-state index in [-0.39, 0.29) is 17.8 Å². The third-order valence-corrected chi connectivity index (χ3v) is 5.45. The molecular weight excluding hydrogens is 428 g/mol. The van der Waals surface area contributed by atoms with Gasteiger partial charge in [0, 0.05) is 10.6 Å². The summed E-state index contributed by atoms with van der Waals surface area (Å²) >= 11 is 6.10. The van der Waals surface area contributed by atoms with Crippen LogP contribution in [0.2, 0.25) is 5.02 Å². The second-order valence-electron chi connectivity index (χ2n) is 7.53. The third kappa shape index (κ3) is 4.16. The van der Waals surface area contributed by atoms with Crippen LogP contribution in [0.15, 0.2) is 63.8 Å². The van der Waals surface area contributed by atoms with Gasteiger partial charge in [0.25, 0.3) is 0 Å². The van der Waals surface area contributed by atoms with Crippen LogP contribution in [0.25, 0.3) is 22.3 Å². The Kier molecular flexibility index (Phi) is 6.10. The van der Waals surface area contributed by atoms with Gasteiger partial charge in [0.2, 0.25) is 11.2 Å². The first-order valence-electron chi connectivity index (χ1n) is 10.1. The molecule has 1 heterocycles. The van der Waals surface area contributed by atoms with Gasteiger partial charge in [0.1, 0.15) is 12.2 Å². The first kappa shape index (κ1) is 21.8. The highest BCUT2D eigenvalue weighted by molar-refractivity contribution is 6.30. The zero-order chi connectivity index (χ0) is 22.8. The van der Waals surface area contributed by atoms with Gasteiger partial charge in [0.05, 0.1) is 19.6 Å². The monoisotopic (exact) mass is 450 g/mol. The van der Waals surface area contributed by atoms with Gasteiger partial charge in [-0.3, -0.25) is 4.79 Å². The molecular formula is C26H23ClO5. The largest absolute Gasteiger partial charge is 0.493 e. The van der Waals surface area contributed by atoms with Gasteiger partial charge >= 0.3 is 0 Å². The van der Waals surface area contributed by atoms with E-state index >= 15 is 0 Å². The molecule has 0 amide bonds. The van der Waals surface area contributed by atoms with Crippen molar-refractivity contribution in [2.45, 2.75) is 20.5 Å². The second kappa shape index (κ2) is 8.97. The zero-order valence-corrected chi connectivity index (χ0v) is 19.1. The fourth-order valence-electron chi connectivity index (χ4n) is 3.75. The molecule has 0 spiro atoms. The van der Waals surface area contributed by atoms with Crippen molar-refractivity contribution in [1.29, 1.82) is 0 Å². The van der Waals surface area contributed by atoms with Crippen LogP contribution in [0.4, 0.5) is 0 Å². The maximum Gasteiger partial charge on any atom is 0.235 e. The quantitative estimate of drug-likeness (QED) is 0.343. The SMILES string of the molecule is COc1ccc(-c2oc3cc(C)cc(C)c3c(=O)c2OCc2cccc(Cl)c2)cc1OC. The fraction of sp³-hybridized carbons (Fsp3) is 0.192. The minimum Gasteiger partial charge on any atom is -0.493 e. The lowest BCUT2D eigenvalue weighted by Gasteiger charge is -2.15. The predicted octanol–water partition coefficient (Wildman–Crippen LogP) is 6.33. The summed E-state index contributed by atoms with van der Waals surface area (Å²) < 4.78 is 23.1. The van der Waals surface area contributed by atoms with Crippen LogP contribution in [-0.4, -0.2) is 14.2 Å². The Morgan fingerprint density at radius 1 is 0.938 bits per heavy atom. The molecule has 0 aliphatic heterocycles. The van der Waals surface area contributed by atoms with E-state index in [1.807, 2.05) is 38.1 Å². The summed E-state index contributed by atoms with van der Waals surface area (Å²) in [6.07, 6.45) is 0. The lowest BCUT2D eigenvalue weighted by molar-refractivity contribution is 0.298. The van der Waals surface area contributed by atoms with Gasteiger partial charge in [-0.05, 0) is 66.9 Å². The van der Waals surface area contributed by atoms with Gasteiger partial charge in [-0.1, -0.05) is 29.8 Å². The maximum atomic E-state index is 13.6. The summed E-state index contributed by atoms with van der Waals surface area (Å²) in [6.45, 7) is 4.02. The molecule has 0 aliphatic rings. The summed E-state index contributed by atoms with van der Waals surface area (Å²) in [5, 5.41) is 1.10. The number of halogens is 1. The number of rotatable bonds is 6. The van der Waals surface area contributed by atoms with Gasteiger partial charge in [-0.25, -0.2) is 0 Å². The van der Waals surface area contributed by atoms with Crippen molar-refractivity contribution in [2.75, 3.05) is 14.2 Å². The van der Waals surface area contributed by atoms with Crippen LogP contribution < -0.4 is 19.6 Å². The molecule has 0 saturated carbocycles. The van der Waals surface area contributed by atoms with Crippen LogP contribution in [0.3, 0.4) is 0 Å². The van der Waals surface area contributed by atoms with Crippen molar-refractivity contribution in [3.05, 3.63) is 86.5 Å². The Labute approximate surface area is 191 Å². The number of fused-ring (bicyclic) bond motifs is 1. The van der Waals surface area contributed by atoms with Crippen LogP contribution in [0.5, 0.6) is 17.2 Å². The Balaban J connectivity index is 1.91. The molecule has 0 aliphatic carbocycles. The third-order valence-electron chi connectivity index (χ3n) is 5.21. The van der Waals surface area contributed by atoms with E-state index in [2.05, 4.69) is 0 Å². The minimum absolute atomic E-state index is 0.136. The topological polar surface area (TPSA) is 57.9 Å². The minimum atomic E-state index is -0.226. The second-order valence-corrected chi connectivity index (χ2v) is 7.97. The lowest BCUT2D eigenvalue weighted by atomic mass is 10.0. The molecule has 4 aromatic rings. The summed E-state index contributed by atoms with van der Waals surface area (Å²) in [5.41, 5.74) is 3.60. The Hall–Kier alpha value is -3.44. The Morgan fingerprint density at radius 2 is 1.72 bits per heavy atom. The van der Waals surface area contributed by atoms with Crippen LogP contribution in [0, 0.1) is 13.8 Å². The van der Waals surface area contributed by atoms with Crippen LogP contribution in [-0.2, 0) is 6.61 Å². The van der Waals surface area contributed by atoms with Crippen LogP contribution in [0.1, 0.15) is 16.7 Å². The smallest absolute Gasteiger partial charge is 0.235 e. The highest BCUT2D eigenvalue weighted by atomic mass is 35.5. The molecule has 164 valence electrons. The Morgan fingerprint density at radius 3 is 2.44 bits per heavy atom. The molecule has 32 heavy (non-hydrogen) atoms. The average molecular weight is 451 g/mol. The summed E-state index contributed by atoms with van der Waals surface area (Å²) in [7, 11) is 3.13. The number of aryl methyl sites for hydroxylation is 2. The van der Waals surface area contributed by atoms with E-state index in [0.717, 1.165) is 16.7 Å². The van der Waals surface area contributed by atoms with Crippen molar-refractivity contribution >= 4 is 22.6 Å². The molecule has 5 nitrogen and oxygen atoms in total. The molecule has 1 aromatic heterocycles. The van der Waals surface area contributed by atoms with Gasteiger partial charge in [-0.15, -0.1) is 0 Å². The normalized spacial score (nSPS) is 10.9. The van der Waals surface area contributed by atoms with E-state index < -0.39 is 0 Å². The van der Waals surface area contributed by atoms with E-state index in [0.29, 0.717) is 38.8 Å². The first-order valence-corrected chi connectivity index (χ1v) is 10.5. The van der Waals surface area contributed by atoms with Gasteiger partial charge in [0.15, 0.2) is 17.3 Å². The molecule has 4 rings (SSSR count). The van der Waals surface area contributed by atoms with Gasteiger partial charge in [-0.2, -0.15) is 0 Å². The summed E-state index contributed by atoms with van der Waals surface area (Å²) in [5.74, 6) is 1.56. The molecule has 0 bridgehead atoms. The Bertz CT molecular complexity index is 1360. The van der Waals surface area contributed by atoms with Crippen molar-refractivity contribution in [3.8, 4) is 28.6 Å². The molecule has 0 atom stereocenters. The number of methoxy groups -OCH3 is 2. The molecule has 0 saturated heterocycles. The van der Waals surface area contributed by atoms with Crippen molar-refractivity contribution in [3.63, 3.8) is 0 Å². The van der Waals surface area contributed by atoms with Gasteiger partial charge < -0.3 is 18.6 Å². The number of hydrogen-bond donors (Lipinski definition) is 0. The van der Waals surface area contributed by atoms with E-state index in [1.165, 1.54) is 0 Å². The molecule has 0 N–H and O–H groups in total. The highest BCUT2D eigenvalue weighted by Crippen LogP contribution is 2.37. The van der Waals surface area contributed by atoms with E-state index in [9.17, 15) is 4.79 Å². The van der Waals surface area contributed by atoms with Crippen LogP contribution >= 0.6 is 11.6 Å². The average Bonchev–Trinajstić information content (AvgIpc) is 2.77. The first-order chi connectivity index (χ1) is 15.4. The standard InChI is InChI=1S/C26H23ClO5/c1-15-10-16(2)23-22(11-15)32-25(18-8-9-20(29-3)21(13-18)30-4)26(24(23)28)31-14-17-6-5-7-19(27)12-17/h5-13H,14H2,1-4H3. The zero-order valence-electron chi connectivity index (χ0n) is 18.3. The fourth-order valence-corrected chi connectivity index (χ4v) is 3.97. The molecule has 0 unspecified atom stereocenters. The molecule has 3 aromatic carbocycles. The predicted molar refractivity (Wildman–Crippen MR) is 126 cm³/mol. The molecule has 0 radical (unpaired) electrons. The number of benzene rings is 3. The summed E-state index contributed by atoms with van der Waals surface area (Å²) in [6, 6.07) is 16.5. The lowest BCUT2D eigenvalue weighted by Crippen LogP contribution is -2.11. The van der Waals surface area contributed by atoms with Crippen molar-refractivity contribution in [2.24, 2.45) is 0 Å². The highest BCUT2D eigenvalue weighted by Gasteiger charge is 2.21. The number of hydrogen-bond acceptors (Lipinski definition) is 5. The maximum absolute atomic E-state index is 13.6. The van der Waals surface area contributed by atoms with E-state index in [4.69, 9.17) is 30.2 Å². The van der Waals surface area contributed by atoms with Crippen molar-refractivity contribution < 1.29 is 18.6 Å². The van der Waals surface area contributed by atoms with E-state index in [1.54, 1.807) is 44.6 Å². The summed E-state index contributed by atoms with van der Waals surface area (Å²) in [4.78, 5) is 13.6.